The van der Waals surface area contributed by atoms with Crippen LogP contribution in [-0.4, -0.2) is 10.2 Å². The topological polar surface area (TPSA) is 53.6 Å². The van der Waals surface area contributed by atoms with E-state index in [-0.39, 0.29) is 44.8 Å². The van der Waals surface area contributed by atoms with Gasteiger partial charge in [-0.05, 0) is 102 Å². The minimum Gasteiger partial charge on any atom is -0.504 e. The van der Waals surface area contributed by atoms with E-state index in [2.05, 4.69) is 0 Å². The molecule has 3 nitrogen and oxygen atoms in total. The van der Waals surface area contributed by atoms with Crippen molar-refractivity contribution in [3.63, 3.8) is 0 Å². The second-order valence-corrected chi connectivity index (χ2v) is 11.5. The number of phenols is 2. The molecule has 222 valence electrons. The number of fused-ring (bicyclic) bond motifs is 5. The second kappa shape index (κ2) is 10.6. The summed E-state index contributed by atoms with van der Waals surface area (Å²) in [6.07, 6.45) is 0. The zero-order valence-electron chi connectivity index (χ0n) is 30.8. The Morgan fingerprint density at radius 2 is 0.957 bits per heavy atom. The van der Waals surface area contributed by atoms with Gasteiger partial charge in [0.1, 0.15) is 11.2 Å². The van der Waals surface area contributed by atoms with E-state index in [0.29, 0.717) is 22.3 Å². The van der Waals surface area contributed by atoms with Crippen molar-refractivity contribution in [3.8, 4) is 56.0 Å². The Kier molecular flexibility index (Phi) is 4.85. The molecule has 0 atom stereocenters. The predicted octanol–water partition coefficient (Wildman–Crippen LogP) is 12.0. The van der Waals surface area contributed by atoms with Crippen molar-refractivity contribution in [2.75, 3.05) is 0 Å². The van der Waals surface area contributed by atoms with Crippen LogP contribution in [0.4, 0.5) is 0 Å². The molecule has 8 aromatic carbocycles. The van der Waals surface area contributed by atoms with Crippen LogP contribution >= 0.6 is 0 Å². The van der Waals surface area contributed by atoms with Crippen LogP contribution in [-0.2, 0) is 0 Å². The summed E-state index contributed by atoms with van der Waals surface area (Å²) >= 11 is 0. The van der Waals surface area contributed by atoms with Crippen LogP contribution in [0.3, 0.4) is 0 Å². The molecular formula is C44H28O3. The Bertz CT molecular complexity index is 2890. The summed E-state index contributed by atoms with van der Waals surface area (Å²) in [5, 5.41) is 24.2. The first-order valence-corrected chi connectivity index (χ1v) is 15.2. The summed E-state index contributed by atoms with van der Waals surface area (Å²) in [5.41, 5.74) is 6.33. The summed E-state index contributed by atoms with van der Waals surface area (Å²) in [5.74, 6) is -1.59. The summed E-state index contributed by atoms with van der Waals surface area (Å²) in [7, 11) is 0. The highest BCUT2D eigenvalue weighted by Crippen LogP contribution is 2.48. The van der Waals surface area contributed by atoms with Gasteiger partial charge >= 0.3 is 0 Å². The molecule has 0 saturated carbocycles. The fraction of sp³-hybridized carbons (Fsp3) is 0. The van der Waals surface area contributed by atoms with Gasteiger partial charge in [0.25, 0.3) is 0 Å². The number of hydrogen-bond acceptors (Lipinski definition) is 3. The lowest BCUT2D eigenvalue weighted by molar-refractivity contribution is 0.405. The third kappa shape index (κ3) is 4.36. The fourth-order valence-electron chi connectivity index (χ4n) is 6.68. The highest BCUT2D eigenvalue weighted by Gasteiger charge is 2.21. The van der Waals surface area contributed by atoms with Gasteiger partial charge in [0, 0.05) is 10.8 Å². The first-order chi connectivity index (χ1) is 25.7. The normalized spacial score (nSPS) is 13.4. The average molecular weight is 611 g/mol. The van der Waals surface area contributed by atoms with Crippen molar-refractivity contribution >= 4 is 43.5 Å². The summed E-state index contributed by atoms with van der Waals surface area (Å²) < 4.78 is 60.9. The third-order valence-corrected chi connectivity index (χ3v) is 8.79. The van der Waals surface area contributed by atoms with E-state index in [1.165, 1.54) is 0 Å². The first-order valence-electron chi connectivity index (χ1n) is 18.2. The molecular weight excluding hydrogens is 576 g/mol. The molecule has 0 bridgehead atoms. The Balaban J connectivity index is 1.50. The maximum Gasteiger partial charge on any atom is 0.158 e. The number of phenolic OH excluding ortho intramolecular Hbond substituents is 2. The molecule has 9 aromatic rings. The zero-order chi connectivity index (χ0) is 36.7. The standard InChI is InChI=1S/C44H28O3/c45-39-25-37-38(26-40(39)46)44(30-20-22-42-36(24-30)32-15-9-10-18-41(32)47-42)34-17-8-7-16-33(34)43(37)29-19-21-31(27-11-3-1-4-12-27)35(23-29)28-13-5-2-6-14-28/h1-26,45-46H/i7D,8D,16D,17D,25D,26D. The van der Waals surface area contributed by atoms with E-state index in [9.17, 15) is 15.7 Å². The lowest BCUT2D eigenvalue weighted by atomic mass is 9.84. The van der Waals surface area contributed by atoms with Crippen LogP contribution in [0.1, 0.15) is 8.22 Å². The summed E-state index contributed by atoms with van der Waals surface area (Å²) in [4.78, 5) is 0. The van der Waals surface area contributed by atoms with Crippen molar-refractivity contribution in [1.82, 2.24) is 0 Å². The van der Waals surface area contributed by atoms with E-state index < -0.39 is 35.7 Å². The van der Waals surface area contributed by atoms with Crippen molar-refractivity contribution < 1.29 is 22.9 Å². The number of benzene rings is 8. The molecule has 1 aromatic heterocycles. The molecule has 0 aliphatic heterocycles. The van der Waals surface area contributed by atoms with Crippen molar-refractivity contribution in [1.29, 1.82) is 0 Å². The van der Waals surface area contributed by atoms with E-state index in [1.807, 2.05) is 109 Å². The van der Waals surface area contributed by atoms with Crippen molar-refractivity contribution in [3.05, 3.63) is 158 Å². The predicted molar refractivity (Wildman–Crippen MR) is 194 cm³/mol. The van der Waals surface area contributed by atoms with E-state index >= 15 is 0 Å². The van der Waals surface area contributed by atoms with Gasteiger partial charge in [-0.2, -0.15) is 0 Å². The van der Waals surface area contributed by atoms with Crippen LogP contribution in [0.15, 0.2) is 162 Å². The summed E-state index contributed by atoms with van der Waals surface area (Å²) in [6, 6.07) is 35.6. The van der Waals surface area contributed by atoms with Crippen LogP contribution < -0.4 is 0 Å². The highest BCUT2D eigenvalue weighted by atomic mass is 16.3. The second-order valence-electron chi connectivity index (χ2n) is 11.5. The van der Waals surface area contributed by atoms with Gasteiger partial charge in [0.05, 0.1) is 8.22 Å². The molecule has 1 heterocycles. The van der Waals surface area contributed by atoms with Gasteiger partial charge in [-0.25, -0.2) is 0 Å². The largest absolute Gasteiger partial charge is 0.504 e. The van der Waals surface area contributed by atoms with Gasteiger partial charge in [-0.15, -0.1) is 0 Å². The van der Waals surface area contributed by atoms with Gasteiger partial charge < -0.3 is 14.6 Å². The fourth-order valence-corrected chi connectivity index (χ4v) is 6.68. The Labute approximate surface area is 279 Å². The Morgan fingerprint density at radius 3 is 1.62 bits per heavy atom. The molecule has 0 amide bonds. The molecule has 3 heteroatoms. The van der Waals surface area contributed by atoms with Crippen molar-refractivity contribution in [2.24, 2.45) is 0 Å². The number of furan rings is 1. The zero-order valence-corrected chi connectivity index (χ0v) is 24.8. The quantitative estimate of drug-likeness (QED) is 0.154. The molecule has 0 radical (unpaired) electrons. The van der Waals surface area contributed by atoms with Crippen LogP contribution in [0.2, 0.25) is 0 Å². The molecule has 0 aliphatic rings. The monoisotopic (exact) mass is 610 g/mol. The molecule has 47 heavy (non-hydrogen) atoms. The highest BCUT2D eigenvalue weighted by molar-refractivity contribution is 6.23. The maximum absolute atomic E-state index is 11.1. The molecule has 0 aliphatic carbocycles. The van der Waals surface area contributed by atoms with Gasteiger partial charge in [-0.1, -0.05) is 121 Å². The number of para-hydroxylation sites is 1. The molecule has 0 unspecified atom stereocenters. The molecule has 2 N–H and O–H groups in total. The molecule has 0 saturated heterocycles. The Hall–Kier alpha value is -6.32. The lowest BCUT2D eigenvalue weighted by Gasteiger charge is -2.20. The first kappa shape index (κ1) is 21.4. The van der Waals surface area contributed by atoms with Crippen LogP contribution in [0.25, 0.3) is 88.0 Å². The molecule has 9 rings (SSSR count). The van der Waals surface area contributed by atoms with Gasteiger partial charge in [-0.3, -0.25) is 0 Å². The van der Waals surface area contributed by atoms with Gasteiger partial charge in [0.2, 0.25) is 0 Å². The molecule has 0 spiro atoms. The number of rotatable bonds is 4. The SMILES string of the molecule is [2H]c1c([2H])c([2H])c2c(-c3ccc4oc5ccccc5c4c3)c3c([2H])c(O)c(O)c([2H])c3c(-c3ccc(-c4ccccc4)c(-c4ccccc4)c3)c2c1[2H]. The van der Waals surface area contributed by atoms with E-state index in [0.717, 1.165) is 33.0 Å². The number of aromatic hydroxyl groups is 2. The summed E-state index contributed by atoms with van der Waals surface area (Å²) in [6.45, 7) is 0. The lowest BCUT2D eigenvalue weighted by Crippen LogP contribution is -1.93. The smallest absolute Gasteiger partial charge is 0.158 e. The van der Waals surface area contributed by atoms with E-state index in [1.54, 1.807) is 12.1 Å². The van der Waals surface area contributed by atoms with Crippen LogP contribution in [0, 0.1) is 0 Å². The minimum atomic E-state index is -0.797. The molecule has 0 fully saturated rings. The maximum atomic E-state index is 11.1. The minimum absolute atomic E-state index is 0.0679. The van der Waals surface area contributed by atoms with E-state index in [4.69, 9.17) is 7.16 Å². The Morgan fingerprint density at radius 1 is 0.426 bits per heavy atom. The van der Waals surface area contributed by atoms with Crippen molar-refractivity contribution in [2.45, 2.75) is 0 Å². The number of hydrogen-bond donors (Lipinski definition) is 2. The van der Waals surface area contributed by atoms with Crippen LogP contribution in [0.5, 0.6) is 11.5 Å². The third-order valence-electron chi connectivity index (χ3n) is 8.79. The van der Waals surface area contributed by atoms with Gasteiger partial charge in [0.15, 0.2) is 11.5 Å². The average Bonchev–Trinajstić information content (AvgIpc) is 3.58.